The predicted molar refractivity (Wildman–Crippen MR) is 107 cm³/mol. The fraction of sp³-hybridized carbons (Fsp3) is 0.368. The van der Waals surface area contributed by atoms with Gasteiger partial charge in [0, 0.05) is 18.8 Å². The summed E-state index contributed by atoms with van der Waals surface area (Å²) in [6, 6.07) is 8.02. The van der Waals surface area contributed by atoms with E-state index in [1.807, 2.05) is 19.9 Å². The van der Waals surface area contributed by atoms with Gasteiger partial charge in [-0.05, 0) is 17.4 Å². The van der Waals surface area contributed by atoms with Crippen LogP contribution in [0.1, 0.15) is 36.3 Å². The van der Waals surface area contributed by atoms with Crippen molar-refractivity contribution < 1.29 is 24.7 Å². The Kier molecular flexibility index (Phi) is 7.83. The first-order valence-corrected chi connectivity index (χ1v) is 9.40. The molecule has 2 aromatic rings. The number of rotatable bonds is 9. The number of nitrogens with zero attached hydrogens (tertiary/aromatic N) is 2. The standard InChI is InChI=1S/C19H26BN4O5/c1-13(2)10-17(20(27,28)29)24-18(25)15(11-14-6-4-3-5-7-14)23-19(26)16-12-21-8-9-22-16/h3-9,12-13,15,17,27-29H,10-11H2,1-2H3,(H,23,26)(H,24,25)/q-1/t15-,17+/m1/s1. The van der Waals surface area contributed by atoms with Crippen molar-refractivity contribution >= 4 is 18.6 Å². The number of amides is 2. The number of carbonyl (C=O) groups is 2. The van der Waals surface area contributed by atoms with Gasteiger partial charge in [0.15, 0.2) is 0 Å². The van der Waals surface area contributed by atoms with Crippen molar-refractivity contribution in [3.8, 4) is 0 Å². The molecule has 29 heavy (non-hydrogen) atoms. The molecule has 0 aliphatic carbocycles. The van der Waals surface area contributed by atoms with Crippen LogP contribution in [0.3, 0.4) is 0 Å². The third kappa shape index (κ3) is 7.26. The zero-order valence-electron chi connectivity index (χ0n) is 16.4. The molecule has 0 saturated carbocycles. The molecule has 1 heterocycles. The fourth-order valence-electron chi connectivity index (χ4n) is 2.85. The molecule has 0 spiro atoms. The molecule has 156 valence electrons. The molecule has 1 aromatic heterocycles. The van der Waals surface area contributed by atoms with E-state index in [2.05, 4.69) is 20.6 Å². The summed E-state index contributed by atoms with van der Waals surface area (Å²) in [7, 11) is 0. The summed E-state index contributed by atoms with van der Waals surface area (Å²) in [4.78, 5) is 33.1. The van der Waals surface area contributed by atoms with Crippen LogP contribution >= 0.6 is 0 Å². The van der Waals surface area contributed by atoms with Gasteiger partial charge in [0.1, 0.15) is 11.7 Å². The highest BCUT2D eigenvalue weighted by molar-refractivity contribution is 6.58. The van der Waals surface area contributed by atoms with E-state index < -0.39 is 30.6 Å². The van der Waals surface area contributed by atoms with Gasteiger partial charge in [-0.25, -0.2) is 4.98 Å². The molecule has 0 aliphatic heterocycles. The second kappa shape index (κ2) is 10.1. The minimum Gasteiger partial charge on any atom is -0.558 e. The van der Waals surface area contributed by atoms with Crippen molar-refractivity contribution in [2.45, 2.75) is 38.7 Å². The molecule has 0 saturated heterocycles. The number of benzene rings is 1. The molecule has 0 radical (unpaired) electrons. The van der Waals surface area contributed by atoms with Crippen molar-refractivity contribution in [2.24, 2.45) is 5.92 Å². The minimum absolute atomic E-state index is 0.0187. The van der Waals surface area contributed by atoms with Crippen molar-refractivity contribution in [3.63, 3.8) is 0 Å². The monoisotopic (exact) mass is 401 g/mol. The largest absolute Gasteiger partial charge is 0.558 e. The molecular formula is C19H26BN4O5-. The van der Waals surface area contributed by atoms with Crippen LogP contribution in [0, 0.1) is 5.92 Å². The molecule has 1 aromatic carbocycles. The number of aromatic nitrogens is 2. The summed E-state index contributed by atoms with van der Waals surface area (Å²) in [5.74, 6) is -2.53. The van der Waals surface area contributed by atoms with Gasteiger partial charge in [-0.2, -0.15) is 0 Å². The summed E-state index contributed by atoms with van der Waals surface area (Å²) in [6.07, 6.45) is 4.37. The second-order valence-corrected chi connectivity index (χ2v) is 7.34. The number of carbonyl (C=O) groups excluding carboxylic acids is 2. The second-order valence-electron chi connectivity index (χ2n) is 7.34. The maximum absolute atomic E-state index is 12.9. The van der Waals surface area contributed by atoms with Crippen molar-refractivity contribution in [2.75, 3.05) is 0 Å². The number of hydrogen-bond acceptors (Lipinski definition) is 7. The maximum atomic E-state index is 12.9. The van der Waals surface area contributed by atoms with Crippen LogP contribution in [0.2, 0.25) is 0 Å². The van der Waals surface area contributed by atoms with Gasteiger partial charge in [0.05, 0.1) is 6.20 Å². The quantitative estimate of drug-likeness (QED) is 0.366. The molecule has 0 bridgehead atoms. The van der Waals surface area contributed by atoms with Gasteiger partial charge in [0.25, 0.3) is 5.91 Å². The van der Waals surface area contributed by atoms with Crippen molar-refractivity contribution in [3.05, 3.63) is 60.2 Å². The lowest BCUT2D eigenvalue weighted by molar-refractivity contribution is -0.123. The summed E-state index contributed by atoms with van der Waals surface area (Å²) >= 11 is 0. The minimum atomic E-state index is -3.78. The molecule has 10 heteroatoms. The van der Waals surface area contributed by atoms with Gasteiger partial charge < -0.3 is 25.7 Å². The molecule has 2 rings (SSSR count). The molecule has 2 amide bonds. The topological polar surface area (TPSA) is 145 Å². The van der Waals surface area contributed by atoms with E-state index in [1.54, 1.807) is 24.3 Å². The average molecular weight is 401 g/mol. The molecule has 9 nitrogen and oxygen atoms in total. The van der Waals surface area contributed by atoms with Crippen LogP contribution in [0.25, 0.3) is 0 Å². The summed E-state index contributed by atoms with van der Waals surface area (Å²) in [5.41, 5.74) is 0.836. The fourth-order valence-corrected chi connectivity index (χ4v) is 2.85. The van der Waals surface area contributed by atoms with Crippen molar-refractivity contribution in [1.29, 1.82) is 0 Å². The Balaban J connectivity index is 2.20. The molecular weight excluding hydrogens is 375 g/mol. The van der Waals surface area contributed by atoms with Gasteiger partial charge >= 0.3 is 6.75 Å². The molecule has 0 fully saturated rings. The summed E-state index contributed by atoms with van der Waals surface area (Å²) in [5, 5.41) is 34.0. The normalized spacial score (nSPS) is 13.6. The van der Waals surface area contributed by atoms with Gasteiger partial charge in [-0.1, -0.05) is 50.6 Å². The molecule has 2 atom stereocenters. The van der Waals surface area contributed by atoms with Gasteiger partial charge in [-0.15, -0.1) is 0 Å². The molecule has 0 unspecified atom stereocenters. The highest BCUT2D eigenvalue weighted by Gasteiger charge is 2.33. The summed E-state index contributed by atoms with van der Waals surface area (Å²) in [6.45, 7) is -0.144. The van der Waals surface area contributed by atoms with Crippen LogP contribution in [-0.4, -0.2) is 55.6 Å². The van der Waals surface area contributed by atoms with Crippen molar-refractivity contribution in [1.82, 2.24) is 20.6 Å². The average Bonchev–Trinajstić information content (AvgIpc) is 2.67. The Bertz CT molecular complexity index is 799. The van der Waals surface area contributed by atoms with E-state index in [1.165, 1.54) is 18.6 Å². The lowest BCUT2D eigenvalue weighted by Crippen LogP contribution is -2.61. The first kappa shape index (κ1) is 22.5. The van der Waals surface area contributed by atoms with E-state index in [0.29, 0.717) is 0 Å². The summed E-state index contributed by atoms with van der Waals surface area (Å²) < 4.78 is 0. The Labute approximate surface area is 169 Å². The van der Waals surface area contributed by atoms with Crippen LogP contribution in [0.5, 0.6) is 0 Å². The van der Waals surface area contributed by atoms with Crippen LogP contribution in [-0.2, 0) is 11.2 Å². The van der Waals surface area contributed by atoms with E-state index >= 15 is 0 Å². The molecule has 5 N–H and O–H groups in total. The Morgan fingerprint density at radius 2 is 1.76 bits per heavy atom. The lowest BCUT2D eigenvalue weighted by atomic mass is 9.66. The third-order valence-corrected chi connectivity index (χ3v) is 4.29. The number of nitrogens with one attached hydrogen (secondary N) is 2. The van der Waals surface area contributed by atoms with Crippen LogP contribution < -0.4 is 10.6 Å². The Morgan fingerprint density at radius 3 is 2.31 bits per heavy atom. The predicted octanol–water partition coefficient (Wildman–Crippen LogP) is -0.196. The van der Waals surface area contributed by atoms with E-state index in [0.717, 1.165) is 5.56 Å². The smallest absolute Gasteiger partial charge is 0.393 e. The molecule has 0 aliphatic rings. The van der Waals surface area contributed by atoms with E-state index in [4.69, 9.17) is 0 Å². The Morgan fingerprint density at radius 1 is 1.07 bits per heavy atom. The van der Waals surface area contributed by atoms with Crippen LogP contribution in [0.4, 0.5) is 0 Å². The van der Waals surface area contributed by atoms with Gasteiger partial charge in [-0.3, -0.25) is 14.6 Å². The van der Waals surface area contributed by atoms with E-state index in [-0.39, 0.29) is 24.5 Å². The SMILES string of the molecule is CC(C)C[C@H](NC(=O)[C@@H](Cc1ccccc1)NC(=O)c1cnccn1)[B-](O)(O)O. The third-order valence-electron chi connectivity index (χ3n) is 4.29. The zero-order valence-corrected chi connectivity index (χ0v) is 16.4. The zero-order chi connectivity index (χ0) is 21.4. The first-order chi connectivity index (χ1) is 13.7. The van der Waals surface area contributed by atoms with Crippen LogP contribution in [0.15, 0.2) is 48.9 Å². The number of hydrogen-bond donors (Lipinski definition) is 5. The maximum Gasteiger partial charge on any atom is 0.393 e. The first-order valence-electron chi connectivity index (χ1n) is 9.40. The van der Waals surface area contributed by atoms with Gasteiger partial charge in [0.2, 0.25) is 5.91 Å². The highest BCUT2D eigenvalue weighted by atomic mass is 16.5. The highest BCUT2D eigenvalue weighted by Crippen LogP contribution is 2.12. The lowest BCUT2D eigenvalue weighted by Gasteiger charge is -2.35. The van der Waals surface area contributed by atoms with E-state index in [9.17, 15) is 24.7 Å². The Hall–Kier alpha value is -2.82.